The van der Waals surface area contributed by atoms with Gasteiger partial charge in [-0.2, -0.15) is 4.98 Å². The van der Waals surface area contributed by atoms with Crippen molar-refractivity contribution in [3.63, 3.8) is 0 Å². The highest BCUT2D eigenvalue weighted by atomic mass is 16.5. The lowest BCUT2D eigenvalue weighted by molar-refractivity contribution is 0.299. The minimum atomic E-state index is 0.603. The molecule has 20 heavy (non-hydrogen) atoms. The van der Waals surface area contributed by atoms with Crippen LogP contribution in [0.5, 0.6) is 0 Å². The zero-order chi connectivity index (χ0) is 13.8. The Morgan fingerprint density at radius 2 is 2.20 bits per heavy atom. The number of nitrogens with one attached hydrogen (secondary N) is 1. The van der Waals surface area contributed by atoms with Crippen LogP contribution in [0, 0.1) is 5.92 Å². The Labute approximate surface area is 119 Å². The summed E-state index contributed by atoms with van der Waals surface area (Å²) in [4.78, 5) is 6.87. The maximum absolute atomic E-state index is 5.34. The second-order valence-corrected chi connectivity index (χ2v) is 5.33. The van der Waals surface area contributed by atoms with Crippen molar-refractivity contribution in [1.29, 1.82) is 0 Å². The lowest BCUT2D eigenvalue weighted by atomic mass is 10.1. The van der Waals surface area contributed by atoms with Gasteiger partial charge in [0.25, 0.3) is 5.89 Å². The van der Waals surface area contributed by atoms with Crippen LogP contribution in [0.4, 0.5) is 0 Å². The molecular formula is C15H20N4O. The van der Waals surface area contributed by atoms with Crippen LogP contribution < -0.4 is 5.32 Å². The number of hydrogen-bond acceptors (Lipinski definition) is 5. The average Bonchev–Trinajstić information content (AvgIpc) is 3.11. The van der Waals surface area contributed by atoms with E-state index in [0.29, 0.717) is 5.89 Å². The highest BCUT2D eigenvalue weighted by Gasteiger charge is 2.23. The van der Waals surface area contributed by atoms with Crippen molar-refractivity contribution in [2.24, 2.45) is 5.92 Å². The first kappa shape index (κ1) is 13.3. The first-order chi connectivity index (χ1) is 9.85. The third-order valence-corrected chi connectivity index (χ3v) is 3.72. The highest BCUT2D eigenvalue weighted by Crippen LogP contribution is 2.19. The Morgan fingerprint density at radius 1 is 1.35 bits per heavy atom. The Bertz CT molecular complexity index is 540. The third kappa shape index (κ3) is 3.05. The molecule has 1 N–H and O–H groups in total. The summed E-state index contributed by atoms with van der Waals surface area (Å²) in [5, 5.41) is 7.33. The SMILES string of the molecule is CNCC1CCN(Cc2noc(-c3ccccc3)n2)C1. The van der Waals surface area contributed by atoms with E-state index in [4.69, 9.17) is 4.52 Å². The van der Waals surface area contributed by atoms with E-state index < -0.39 is 0 Å². The van der Waals surface area contributed by atoms with E-state index in [9.17, 15) is 0 Å². The average molecular weight is 272 g/mol. The zero-order valence-corrected chi connectivity index (χ0v) is 11.7. The topological polar surface area (TPSA) is 54.2 Å². The molecule has 1 aliphatic rings. The number of rotatable bonds is 5. The van der Waals surface area contributed by atoms with Gasteiger partial charge in [-0.25, -0.2) is 0 Å². The minimum absolute atomic E-state index is 0.603. The monoisotopic (exact) mass is 272 g/mol. The second-order valence-electron chi connectivity index (χ2n) is 5.33. The molecule has 5 heteroatoms. The van der Waals surface area contributed by atoms with Crippen molar-refractivity contribution < 1.29 is 4.52 Å². The standard InChI is InChI=1S/C15H20N4O/c1-16-9-12-7-8-19(10-12)11-14-17-15(20-18-14)13-5-3-2-4-6-13/h2-6,12,16H,7-11H2,1H3. The van der Waals surface area contributed by atoms with E-state index in [1.165, 1.54) is 6.42 Å². The molecule has 2 aromatic rings. The number of nitrogens with zero attached hydrogens (tertiary/aromatic N) is 3. The van der Waals surface area contributed by atoms with Crippen LogP contribution in [0.15, 0.2) is 34.9 Å². The molecule has 3 rings (SSSR count). The maximum atomic E-state index is 5.34. The Kier molecular flexibility index (Phi) is 4.08. The van der Waals surface area contributed by atoms with Crippen LogP contribution >= 0.6 is 0 Å². The first-order valence-corrected chi connectivity index (χ1v) is 7.10. The predicted molar refractivity (Wildman–Crippen MR) is 77.0 cm³/mol. The molecule has 0 radical (unpaired) electrons. The fourth-order valence-electron chi connectivity index (χ4n) is 2.73. The summed E-state index contributed by atoms with van der Waals surface area (Å²) in [7, 11) is 2.01. The van der Waals surface area contributed by atoms with Gasteiger partial charge in [-0.1, -0.05) is 23.4 Å². The molecule has 1 saturated heterocycles. The van der Waals surface area contributed by atoms with Gasteiger partial charge in [0.05, 0.1) is 6.54 Å². The van der Waals surface area contributed by atoms with Crippen LogP contribution in [0.3, 0.4) is 0 Å². The summed E-state index contributed by atoms with van der Waals surface area (Å²) in [5.41, 5.74) is 0.973. The second kappa shape index (κ2) is 6.15. The molecular weight excluding hydrogens is 252 g/mol. The van der Waals surface area contributed by atoms with Gasteiger partial charge < -0.3 is 9.84 Å². The van der Waals surface area contributed by atoms with E-state index in [-0.39, 0.29) is 0 Å². The third-order valence-electron chi connectivity index (χ3n) is 3.72. The molecule has 1 atom stereocenters. The molecule has 1 aliphatic heterocycles. The minimum Gasteiger partial charge on any atom is -0.334 e. The summed E-state index contributed by atoms with van der Waals surface area (Å²) in [6.45, 7) is 4.08. The molecule has 2 heterocycles. The molecule has 0 amide bonds. The number of likely N-dealkylation sites (tertiary alicyclic amines) is 1. The summed E-state index contributed by atoms with van der Waals surface area (Å²) < 4.78 is 5.34. The maximum Gasteiger partial charge on any atom is 0.257 e. The Balaban J connectivity index is 1.61. The normalized spacial score (nSPS) is 19.6. The van der Waals surface area contributed by atoms with Gasteiger partial charge in [0.1, 0.15) is 0 Å². The van der Waals surface area contributed by atoms with Crippen LogP contribution in [-0.4, -0.2) is 41.7 Å². The van der Waals surface area contributed by atoms with Crippen molar-refractivity contribution in [3.05, 3.63) is 36.2 Å². The van der Waals surface area contributed by atoms with Crippen molar-refractivity contribution in [3.8, 4) is 11.5 Å². The summed E-state index contributed by atoms with van der Waals surface area (Å²) in [5.74, 6) is 2.11. The van der Waals surface area contributed by atoms with Gasteiger partial charge in [0.15, 0.2) is 5.82 Å². The molecule has 1 aromatic heterocycles. The van der Waals surface area contributed by atoms with Crippen molar-refractivity contribution in [1.82, 2.24) is 20.4 Å². The van der Waals surface area contributed by atoms with Crippen LogP contribution in [0.25, 0.3) is 11.5 Å². The van der Waals surface area contributed by atoms with E-state index in [1.54, 1.807) is 0 Å². The molecule has 0 aliphatic carbocycles. The van der Waals surface area contributed by atoms with E-state index in [2.05, 4.69) is 20.4 Å². The Morgan fingerprint density at radius 3 is 3.00 bits per heavy atom. The lowest BCUT2D eigenvalue weighted by Gasteiger charge is -2.13. The smallest absolute Gasteiger partial charge is 0.257 e. The van der Waals surface area contributed by atoms with Gasteiger partial charge in [-0.15, -0.1) is 0 Å². The van der Waals surface area contributed by atoms with Gasteiger partial charge in [-0.3, -0.25) is 4.90 Å². The van der Waals surface area contributed by atoms with Gasteiger partial charge in [-0.05, 0) is 44.6 Å². The fraction of sp³-hybridized carbons (Fsp3) is 0.467. The molecule has 0 bridgehead atoms. The van der Waals surface area contributed by atoms with Gasteiger partial charge >= 0.3 is 0 Å². The molecule has 0 saturated carbocycles. The Hall–Kier alpha value is -1.72. The number of aromatic nitrogens is 2. The predicted octanol–water partition coefficient (Wildman–Crippen LogP) is 1.78. The lowest BCUT2D eigenvalue weighted by Crippen LogP contribution is -2.24. The molecule has 1 aromatic carbocycles. The molecule has 5 nitrogen and oxygen atoms in total. The number of benzene rings is 1. The van der Waals surface area contributed by atoms with Gasteiger partial charge in [0, 0.05) is 12.1 Å². The summed E-state index contributed by atoms with van der Waals surface area (Å²) in [6.07, 6.45) is 1.24. The molecule has 106 valence electrons. The largest absolute Gasteiger partial charge is 0.334 e. The van der Waals surface area contributed by atoms with E-state index in [1.807, 2.05) is 37.4 Å². The first-order valence-electron chi connectivity index (χ1n) is 7.10. The van der Waals surface area contributed by atoms with Crippen molar-refractivity contribution in [2.45, 2.75) is 13.0 Å². The summed E-state index contributed by atoms with van der Waals surface area (Å²) in [6, 6.07) is 9.89. The van der Waals surface area contributed by atoms with Crippen molar-refractivity contribution in [2.75, 3.05) is 26.7 Å². The number of hydrogen-bond donors (Lipinski definition) is 1. The van der Waals surface area contributed by atoms with E-state index in [0.717, 1.165) is 43.5 Å². The van der Waals surface area contributed by atoms with Crippen LogP contribution in [-0.2, 0) is 6.54 Å². The van der Waals surface area contributed by atoms with Crippen LogP contribution in [0.2, 0.25) is 0 Å². The summed E-state index contributed by atoms with van der Waals surface area (Å²) >= 11 is 0. The van der Waals surface area contributed by atoms with Crippen LogP contribution in [0.1, 0.15) is 12.2 Å². The quantitative estimate of drug-likeness (QED) is 0.899. The van der Waals surface area contributed by atoms with Crippen molar-refractivity contribution >= 4 is 0 Å². The zero-order valence-electron chi connectivity index (χ0n) is 11.7. The fourth-order valence-corrected chi connectivity index (χ4v) is 2.73. The molecule has 1 fully saturated rings. The molecule has 0 spiro atoms. The van der Waals surface area contributed by atoms with Gasteiger partial charge in [0.2, 0.25) is 0 Å². The van der Waals surface area contributed by atoms with E-state index >= 15 is 0 Å². The highest BCUT2D eigenvalue weighted by molar-refractivity contribution is 5.51. The molecule has 1 unspecified atom stereocenters.